The molecule has 0 aliphatic carbocycles. The van der Waals surface area contributed by atoms with Crippen LogP contribution in [0.15, 0.2) is 45.8 Å². The summed E-state index contributed by atoms with van der Waals surface area (Å²) in [4.78, 5) is 4.30. The van der Waals surface area contributed by atoms with E-state index in [0.717, 1.165) is 5.56 Å². The number of rotatable bonds is 5. The van der Waals surface area contributed by atoms with E-state index in [9.17, 15) is 13.4 Å². The molecule has 144 valence electrons. The maximum absolute atomic E-state index is 13.1. The molecule has 1 aliphatic rings. The molecule has 0 saturated heterocycles. The van der Waals surface area contributed by atoms with E-state index in [-0.39, 0.29) is 17.1 Å². The first-order valence-electron chi connectivity index (χ1n) is 8.63. The zero-order valence-electron chi connectivity index (χ0n) is 15.1. The lowest BCUT2D eigenvalue weighted by atomic mass is 9.79. The van der Waals surface area contributed by atoms with Crippen molar-refractivity contribution in [1.82, 2.24) is 10.1 Å². The number of anilines is 1. The van der Waals surface area contributed by atoms with Crippen LogP contribution < -0.4 is 11.2 Å². The lowest BCUT2D eigenvalue weighted by Crippen LogP contribution is -2.28. The molecule has 0 atom stereocenters. The molecule has 0 amide bonds. The van der Waals surface area contributed by atoms with Crippen molar-refractivity contribution in [2.24, 2.45) is 0 Å². The lowest BCUT2D eigenvalue weighted by molar-refractivity contribution is 0.275. The van der Waals surface area contributed by atoms with Gasteiger partial charge in [-0.05, 0) is 47.3 Å². The molecule has 4 rings (SSSR count). The van der Waals surface area contributed by atoms with Gasteiger partial charge in [0, 0.05) is 5.69 Å². The van der Waals surface area contributed by atoms with E-state index >= 15 is 0 Å². The fourth-order valence-corrected chi connectivity index (χ4v) is 4.85. The van der Waals surface area contributed by atoms with Crippen LogP contribution in [0.5, 0.6) is 0 Å². The zero-order valence-corrected chi connectivity index (χ0v) is 15.9. The van der Waals surface area contributed by atoms with E-state index in [0.29, 0.717) is 40.6 Å². The number of hydrogen-bond acceptors (Lipinski definition) is 8. The van der Waals surface area contributed by atoms with Crippen molar-refractivity contribution in [2.45, 2.75) is 30.6 Å². The maximum Gasteiger partial charge on any atom is 0.491 e. The van der Waals surface area contributed by atoms with Crippen molar-refractivity contribution in [3.63, 3.8) is 0 Å². The molecule has 28 heavy (non-hydrogen) atoms. The third-order valence-electron chi connectivity index (χ3n) is 4.56. The number of sulfone groups is 1. The number of nitrogens with two attached hydrogens (primary N) is 1. The molecule has 10 heteroatoms. The van der Waals surface area contributed by atoms with Crippen molar-refractivity contribution >= 4 is 28.1 Å². The van der Waals surface area contributed by atoms with Crippen LogP contribution in [-0.2, 0) is 33.3 Å². The molecule has 0 saturated carbocycles. The van der Waals surface area contributed by atoms with Gasteiger partial charge in [0.1, 0.15) is 0 Å². The van der Waals surface area contributed by atoms with Gasteiger partial charge in [-0.15, -0.1) is 0 Å². The topological polar surface area (TPSA) is 129 Å². The van der Waals surface area contributed by atoms with Crippen LogP contribution in [0.25, 0.3) is 0 Å². The highest BCUT2D eigenvalue weighted by atomic mass is 32.2. The second-order valence-corrected chi connectivity index (χ2v) is 8.69. The van der Waals surface area contributed by atoms with Crippen molar-refractivity contribution < 1.29 is 22.6 Å². The van der Waals surface area contributed by atoms with E-state index in [1.165, 1.54) is 6.07 Å². The number of hydrogen-bond donors (Lipinski definition) is 2. The summed E-state index contributed by atoms with van der Waals surface area (Å²) >= 11 is 0. The monoisotopic (exact) mass is 399 g/mol. The van der Waals surface area contributed by atoms with Crippen molar-refractivity contribution in [3.05, 3.63) is 64.8 Å². The highest BCUT2D eigenvalue weighted by Crippen LogP contribution is 2.25. The summed E-state index contributed by atoms with van der Waals surface area (Å²) in [7, 11) is -4.70. The van der Waals surface area contributed by atoms with Crippen molar-refractivity contribution in [1.29, 1.82) is 0 Å². The van der Waals surface area contributed by atoms with Crippen molar-refractivity contribution in [2.75, 3.05) is 5.73 Å². The average molecular weight is 399 g/mol. The molecule has 0 radical (unpaired) electrons. The SMILES string of the molecule is Cc1noc(Cc2cc(N)ccc2S(=O)(=O)Cc2ccc3c(c2)B(O)OC3)n1. The standard InChI is InChI=1S/C18H18BN3O5S/c1-11-21-18(27-22-11)8-14-7-15(20)4-5-17(14)28(24,25)10-12-2-3-13-9-26-19(23)16(13)6-12/h2-7,23H,8-10,20H2,1H3. The molecule has 0 fully saturated rings. The minimum Gasteiger partial charge on any atom is -0.423 e. The molecule has 1 aromatic heterocycles. The van der Waals surface area contributed by atoms with Gasteiger partial charge in [0.15, 0.2) is 15.7 Å². The number of aromatic nitrogens is 2. The summed E-state index contributed by atoms with van der Waals surface area (Å²) in [5, 5.41) is 13.6. The summed E-state index contributed by atoms with van der Waals surface area (Å²) in [5.41, 5.74) is 8.82. The Balaban J connectivity index is 1.67. The third kappa shape index (κ3) is 3.66. The molecular weight excluding hydrogens is 381 g/mol. The normalized spacial score (nSPS) is 13.7. The van der Waals surface area contributed by atoms with Crippen LogP contribution in [-0.4, -0.2) is 30.7 Å². The van der Waals surface area contributed by atoms with Gasteiger partial charge in [-0.25, -0.2) is 8.42 Å². The second-order valence-electron chi connectivity index (χ2n) is 6.73. The van der Waals surface area contributed by atoms with E-state index in [1.54, 1.807) is 37.3 Å². The predicted octanol–water partition coefficient (Wildman–Crippen LogP) is 0.743. The molecule has 3 aromatic rings. The van der Waals surface area contributed by atoms with Crippen LogP contribution >= 0.6 is 0 Å². The fraction of sp³-hybridized carbons (Fsp3) is 0.222. The first-order chi connectivity index (χ1) is 13.3. The van der Waals surface area contributed by atoms with Gasteiger partial charge in [0.2, 0.25) is 5.89 Å². The summed E-state index contributed by atoms with van der Waals surface area (Å²) in [6.07, 6.45) is 0.164. The predicted molar refractivity (Wildman–Crippen MR) is 102 cm³/mol. The largest absolute Gasteiger partial charge is 0.491 e. The highest BCUT2D eigenvalue weighted by molar-refractivity contribution is 7.90. The van der Waals surface area contributed by atoms with Crippen LogP contribution in [0, 0.1) is 6.92 Å². The Labute approximate surface area is 162 Å². The number of fused-ring (bicyclic) bond motifs is 1. The Morgan fingerprint density at radius 2 is 2.07 bits per heavy atom. The minimum atomic E-state index is -3.68. The van der Waals surface area contributed by atoms with Gasteiger partial charge in [0.05, 0.1) is 23.7 Å². The van der Waals surface area contributed by atoms with Gasteiger partial charge in [-0.2, -0.15) is 4.98 Å². The minimum absolute atomic E-state index is 0.162. The first-order valence-corrected chi connectivity index (χ1v) is 10.3. The Morgan fingerprint density at radius 3 is 2.82 bits per heavy atom. The Kier molecular flexibility index (Phi) is 4.70. The quantitative estimate of drug-likeness (QED) is 0.475. The number of nitrogens with zero attached hydrogens (tertiary/aromatic N) is 2. The molecule has 0 unspecified atom stereocenters. The number of nitrogen functional groups attached to an aromatic ring is 1. The third-order valence-corrected chi connectivity index (χ3v) is 6.34. The van der Waals surface area contributed by atoms with Gasteiger partial charge in [0.25, 0.3) is 0 Å². The lowest BCUT2D eigenvalue weighted by Gasteiger charge is -2.11. The summed E-state index contributed by atoms with van der Waals surface area (Å²) in [6.45, 7) is 2.01. The second kappa shape index (κ2) is 7.04. The van der Waals surface area contributed by atoms with Gasteiger partial charge >= 0.3 is 7.12 Å². The Hall–Kier alpha value is -2.69. The maximum atomic E-state index is 13.1. The van der Waals surface area contributed by atoms with Crippen molar-refractivity contribution in [3.8, 4) is 0 Å². The van der Waals surface area contributed by atoms with E-state index in [2.05, 4.69) is 10.1 Å². The zero-order chi connectivity index (χ0) is 19.9. The molecule has 2 aromatic carbocycles. The van der Waals surface area contributed by atoms with Crippen LogP contribution in [0.2, 0.25) is 0 Å². The molecule has 3 N–H and O–H groups in total. The number of aryl methyl sites for hydroxylation is 1. The highest BCUT2D eigenvalue weighted by Gasteiger charge is 2.28. The molecule has 2 heterocycles. The molecule has 8 nitrogen and oxygen atoms in total. The first kappa shape index (κ1) is 18.7. The number of benzene rings is 2. The Morgan fingerprint density at radius 1 is 1.25 bits per heavy atom. The van der Waals surface area contributed by atoms with Gasteiger partial charge in [-0.3, -0.25) is 0 Å². The summed E-state index contributed by atoms with van der Waals surface area (Å²) in [5.74, 6) is 0.576. The molecular formula is C18H18BN3O5S. The molecule has 0 spiro atoms. The summed E-state index contributed by atoms with van der Waals surface area (Å²) < 4.78 is 36.5. The van der Waals surface area contributed by atoms with E-state index < -0.39 is 17.0 Å². The molecule has 1 aliphatic heterocycles. The smallest absolute Gasteiger partial charge is 0.423 e. The van der Waals surface area contributed by atoms with Crippen LogP contribution in [0.3, 0.4) is 0 Å². The summed E-state index contributed by atoms with van der Waals surface area (Å²) in [6, 6.07) is 9.83. The Bertz CT molecular complexity index is 1150. The van der Waals surface area contributed by atoms with Crippen LogP contribution in [0.1, 0.15) is 28.4 Å². The van der Waals surface area contributed by atoms with Crippen LogP contribution in [0.4, 0.5) is 5.69 Å². The van der Waals surface area contributed by atoms with E-state index in [1.807, 2.05) is 0 Å². The fourth-order valence-electron chi connectivity index (χ4n) is 3.27. The van der Waals surface area contributed by atoms with E-state index in [4.69, 9.17) is 14.9 Å². The van der Waals surface area contributed by atoms with Gasteiger partial charge in [-0.1, -0.05) is 23.4 Å². The van der Waals surface area contributed by atoms with Gasteiger partial charge < -0.3 is 19.9 Å². The average Bonchev–Trinajstić information content (AvgIpc) is 3.20. The molecule has 0 bridgehead atoms.